The summed E-state index contributed by atoms with van der Waals surface area (Å²) in [5, 5.41) is 14.2. The maximum atomic E-state index is 10.9. The Balaban J connectivity index is 2.06. The van der Waals surface area contributed by atoms with E-state index in [0.29, 0.717) is 11.7 Å². The summed E-state index contributed by atoms with van der Waals surface area (Å²) >= 11 is 0. The third-order valence-electron chi connectivity index (χ3n) is 3.58. The number of anilines is 1. The largest absolute Gasteiger partial charge is 0.386 e. The van der Waals surface area contributed by atoms with Crippen LogP contribution in [0.5, 0.6) is 0 Å². The Kier molecular flexibility index (Phi) is 4.12. The molecule has 0 bridgehead atoms. The summed E-state index contributed by atoms with van der Waals surface area (Å²) < 4.78 is 0. The Bertz CT molecular complexity index is 422. The van der Waals surface area contributed by atoms with E-state index in [1.807, 2.05) is 0 Å². The topological polar surface area (TPSA) is 68.1 Å². The predicted octanol–water partition coefficient (Wildman–Crippen LogP) is 3.37. The Morgan fingerprint density at radius 3 is 3.00 bits per heavy atom. The van der Waals surface area contributed by atoms with Gasteiger partial charge in [-0.05, 0) is 47.2 Å². The summed E-state index contributed by atoms with van der Waals surface area (Å²) in [4.78, 5) is 14.3. The summed E-state index contributed by atoms with van der Waals surface area (Å²) in [5.41, 5.74) is 0.544. The third-order valence-corrected chi connectivity index (χ3v) is 3.58. The first kappa shape index (κ1) is 12.8. The first-order valence-corrected chi connectivity index (χ1v) is 6.52. The van der Waals surface area contributed by atoms with Crippen LogP contribution < -0.4 is 5.32 Å². The maximum Gasteiger partial charge on any atom is 0.386 e. The van der Waals surface area contributed by atoms with Crippen molar-refractivity contribution < 1.29 is 4.92 Å². The number of nitrogens with one attached hydrogen (secondary N) is 1. The molecule has 0 radical (unpaired) electrons. The number of nitrogens with zero attached hydrogens (tertiary/aromatic N) is 2. The van der Waals surface area contributed by atoms with Gasteiger partial charge in [0.25, 0.3) is 0 Å². The number of hydrogen-bond acceptors (Lipinski definition) is 4. The molecule has 1 aliphatic rings. The second-order valence-electron chi connectivity index (χ2n) is 5.09. The fourth-order valence-electron chi connectivity index (χ4n) is 2.51. The van der Waals surface area contributed by atoms with Gasteiger partial charge in [0.05, 0.1) is 0 Å². The van der Waals surface area contributed by atoms with Crippen molar-refractivity contribution in [3.8, 4) is 0 Å². The fourth-order valence-corrected chi connectivity index (χ4v) is 2.51. The average Bonchev–Trinajstić information content (AvgIpc) is 2.55. The average molecular weight is 249 g/mol. The van der Waals surface area contributed by atoms with Gasteiger partial charge >= 0.3 is 5.82 Å². The van der Waals surface area contributed by atoms with Gasteiger partial charge in [-0.25, -0.2) is 0 Å². The van der Waals surface area contributed by atoms with Gasteiger partial charge in [0.1, 0.15) is 11.9 Å². The highest BCUT2D eigenvalue weighted by atomic mass is 16.6. The molecule has 2 unspecified atom stereocenters. The standard InChI is InChI=1S/C13H19N3O2/c1-10-4-2-5-11(8-7-10)15-12-6-3-9-14-13(12)16(17)18/h3,6,9-11,15H,2,4-5,7-8H2,1H3. The Morgan fingerprint density at radius 1 is 1.39 bits per heavy atom. The zero-order chi connectivity index (χ0) is 13.0. The lowest BCUT2D eigenvalue weighted by molar-refractivity contribution is -0.388. The van der Waals surface area contributed by atoms with E-state index in [2.05, 4.69) is 17.2 Å². The molecular formula is C13H19N3O2. The Hall–Kier alpha value is -1.65. The first-order chi connectivity index (χ1) is 8.66. The van der Waals surface area contributed by atoms with E-state index >= 15 is 0 Å². The minimum atomic E-state index is -0.429. The third kappa shape index (κ3) is 3.18. The van der Waals surface area contributed by atoms with Crippen molar-refractivity contribution in [1.82, 2.24) is 4.98 Å². The van der Waals surface area contributed by atoms with E-state index in [0.717, 1.165) is 18.8 Å². The van der Waals surface area contributed by atoms with Gasteiger partial charge in [-0.2, -0.15) is 0 Å². The number of aromatic nitrogens is 1. The van der Waals surface area contributed by atoms with Crippen molar-refractivity contribution in [2.45, 2.75) is 45.1 Å². The molecule has 2 rings (SSSR count). The molecule has 0 aliphatic heterocycles. The zero-order valence-corrected chi connectivity index (χ0v) is 10.6. The van der Waals surface area contributed by atoms with Gasteiger partial charge in [0, 0.05) is 6.04 Å². The van der Waals surface area contributed by atoms with Gasteiger partial charge in [0.15, 0.2) is 0 Å². The lowest BCUT2D eigenvalue weighted by atomic mass is 10.0. The van der Waals surface area contributed by atoms with Crippen LogP contribution in [-0.4, -0.2) is 15.9 Å². The van der Waals surface area contributed by atoms with Crippen LogP contribution in [0.15, 0.2) is 18.3 Å². The van der Waals surface area contributed by atoms with Gasteiger partial charge in [-0.15, -0.1) is 0 Å². The number of pyridine rings is 1. The molecular weight excluding hydrogens is 230 g/mol. The monoisotopic (exact) mass is 249 g/mol. The lowest BCUT2D eigenvalue weighted by Crippen LogP contribution is -2.19. The van der Waals surface area contributed by atoms with E-state index in [1.54, 1.807) is 12.1 Å². The molecule has 0 aromatic carbocycles. The van der Waals surface area contributed by atoms with Crippen LogP contribution in [0.1, 0.15) is 39.0 Å². The Morgan fingerprint density at radius 2 is 2.22 bits per heavy atom. The molecule has 2 atom stereocenters. The van der Waals surface area contributed by atoms with Gasteiger partial charge in [-0.3, -0.25) is 0 Å². The summed E-state index contributed by atoms with van der Waals surface area (Å²) in [5.74, 6) is 0.690. The molecule has 1 heterocycles. The SMILES string of the molecule is CC1CCCC(Nc2cccnc2[N+](=O)[O-])CC1. The molecule has 18 heavy (non-hydrogen) atoms. The molecule has 1 aliphatic carbocycles. The van der Waals surface area contributed by atoms with Crippen molar-refractivity contribution in [3.05, 3.63) is 28.4 Å². The first-order valence-electron chi connectivity index (χ1n) is 6.52. The van der Waals surface area contributed by atoms with E-state index in [1.165, 1.54) is 25.5 Å². The van der Waals surface area contributed by atoms with Crippen molar-refractivity contribution in [2.24, 2.45) is 5.92 Å². The van der Waals surface area contributed by atoms with Gasteiger partial charge in [0.2, 0.25) is 0 Å². The molecule has 0 amide bonds. The van der Waals surface area contributed by atoms with Crippen LogP contribution in [0.3, 0.4) is 0 Å². The van der Waals surface area contributed by atoms with Crippen LogP contribution >= 0.6 is 0 Å². The van der Waals surface area contributed by atoms with E-state index in [9.17, 15) is 10.1 Å². The summed E-state index contributed by atoms with van der Waals surface area (Å²) in [6.45, 7) is 2.27. The van der Waals surface area contributed by atoms with Crippen molar-refractivity contribution in [1.29, 1.82) is 0 Å². The zero-order valence-electron chi connectivity index (χ0n) is 10.6. The fraction of sp³-hybridized carbons (Fsp3) is 0.615. The van der Waals surface area contributed by atoms with Gasteiger partial charge in [-0.1, -0.05) is 19.8 Å². The van der Waals surface area contributed by atoms with Crippen LogP contribution in [0.4, 0.5) is 11.5 Å². The number of rotatable bonds is 3. The van der Waals surface area contributed by atoms with Crippen molar-refractivity contribution in [2.75, 3.05) is 5.32 Å². The summed E-state index contributed by atoms with van der Waals surface area (Å²) in [7, 11) is 0. The normalized spacial score (nSPS) is 24.3. The highest BCUT2D eigenvalue weighted by molar-refractivity contribution is 5.57. The molecule has 0 spiro atoms. The second-order valence-corrected chi connectivity index (χ2v) is 5.09. The highest BCUT2D eigenvalue weighted by Gasteiger charge is 2.20. The van der Waals surface area contributed by atoms with Gasteiger partial charge < -0.3 is 15.4 Å². The molecule has 0 saturated heterocycles. The molecule has 1 fully saturated rings. The van der Waals surface area contributed by atoms with Crippen molar-refractivity contribution >= 4 is 11.5 Å². The summed E-state index contributed by atoms with van der Waals surface area (Å²) in [6, 6.07) is 3.80. The number of hydrogen-bond donors (Lipinski definition) is 1. The Labute approximate surface area is 107 Å². The van der Waals surface area contributed by atoms with Crippen LogP contribution in [0.2, 0.25) is 0 Å². The predicted molar refractivity (Wildman–Crippen MR) is 70.6 cm³/mol. The highest BCUT2D eigenvalue weighted by Crippen LogP contribution is 2.27. The maximum absolute atomic E-state index is 10.9. The minimum absolute atomic E-state index is 0.0743. The lowest BCUT2D eigenvalue weighted by Gasteiger charge is -2.17. The van der Waals surface area contributed by atoms with Crippen LogP contribution in [-0.2, 0) is 0 Å². The second kappa shape index (κ2) is 5.80. The van der Waals surface area contributed by atoms with E-state index < -0.39 is 4.92 Å². The van der Waals surface area contributed by atoms with Crippen molar-refractivity contribution in [3.63, 3.8) is 0 Å². The molecule has 5 nitrogen and oxygen atoms in total. The van der Waals surface area contributed by atoms with E-state index in [-0.39, 0.29) is 5.82 Å². The minimum Gasteiger partial charge on any atom is -0.375 e. The molecule has 1 N–H and O–H groups in total. The molecule has 5 heteroatoms. The smallest absolute Gasteiger partial charge is 0.375 e. The summed E-state index contributed by atoms with van der Waals surface area (Å²) in [6.07, 6.45) is 7.24. The number of nitro groups is 1. The quantitative estimate of drug-likeness (QED) is 0.506. The van der Waals surface area contributed by atoms with Crippen LogP contribution in [0.25, 0.3) is 0 Å². The molecule has 1 aromatic rings. The molecule has 1 aromatic heterocycles. The van der Waals surface area contributed by atoms with Crippen LogP contribution in [0, 0.1) is 16.0 Å². The van der Waals surface area contributed by atoms with E-state index in [4.69, 9.17) is 0 Å². The molecule has 98 valence electrons. The molecule has 1 saturated carbocycles.